The van der Waals surface area contributed by atoms with Gasteiger partial charge in [-0.1, -0.05) is 37.6 Å². The zero-order chi connectivity index (χ0) is 10.8. The number of halogens is 1. The van der Waals surface area contributed by atoms with Gasteiger partial charge in [-0.05, 0) is 42.5 Å². The number of hydrogen-bond acceptors (Lipinski definition) is 1. The van der Waals surface area contributed by atoms with Gasteiger partial charge in [0.25, 0.3) is 0 Å². The molecular formula is C13H18ClN. The second kappa shape index (κ2) is 4.54. The minimum absolute atomic E-state index is 0.589. The topological polar surface area (TPSA) is 12.0 Å². The van der Waals surface area contributed by atoms with E-state index in [0.29, 0.717) is 6.04 Å². The van der Waals surface area contributed by atoms with E-state index in [1.54, 1.807) is 0 Å². The maximum atomic E-state index is 5.98. The third kappa shape index (κ3) is 2.96. The van der Waals surface area contributed by atoms with Crippen LogP contribution >= 0.6 is 11.6 Å². The van der Waals surface area contributed by atoms with Crippen molar-refractivity contribution in [2.75, 3.05) is 6.54 Å². The molecule has 0 amide bonds. The van der Waals surface area contributed by atoms with Gasteiger partial charge in [0.05, 0.1) is 0 Å². The highest BCUT2D eigenvalue weighted by molar-refractivity contribution is 6.30. The monoisotopic (exact) mass is 223 g/mol. The average Bonchev–Trinajstić information content (AvgIpc) is 2.94. The fourth-order valence-corrected chi connectivity index (χ4v) is 2.20. The van der Waals surface area contributed by atoms with Gasteiger partial charge in [-0.2, -0.15) is 0 Å². The van der Waals surface area contributed by atoms with Crippen LogP contribution in [0.1, 0.15) is 31.7 Å². The largest absolute Gasteiger partial charge is 0.314 e. The van der Waals surface area contributed by atoms with Crippen LogP contribution in [0.3, 0.4) is 0 Å². The summed E-state index contributed by atoms with van der Waals surface area (Å²) >= 11 is 5.98. The smallest absolute Gasteiger partial charge is 0.0408 e. The summed E-state index contributed by atoms with van der Waals surface area (Å²) < 4.78 is 0. The molecular weight excluding hydrogens is 206 g/mol. The highest BCUT2D eigenvalue weighted by Gasteiger charge is 2.37. The van der Waals surface area contributed by atoms with Crippen molar-refractivity contribution < 1.29 is 0 Å². The van der Waals surface area contributed by atoms with Crippen LogP contribution in [0.5, 0.6) is 0 Å². The molecule has 82 valence electrons. The van der Waals surface area contributed by atoms with Crippen molar-refractivity contribution in [1.29, 1.82) is 0 Å². The Morgan fingerprint density at radius 1 is 1.47 bits per heavy atom. The maximum Gasteiger partial charge on any atom is 0.0408 e. The molecule has 1 nitrogen and oxygen atoms in total. The molecule has 1 fully saturated rings. The van der Waals surface area contributed by atoms with Crippen molar-refractivity contribution in [2.24, 2.45) is 5.92 Å². The zero-order valence-electron chi connectivity index (χ0n) is 9.33. The molecule has 1 saturated carbocycles. The predicted molar refractivity (Wildman–Crippen MR) is 65.4 cm³/mol. The Kier molecular flexibility index (Phi) is 3.32. The molecule has 1 aliphatic rings. The van der Waals surface area contributed by atoms with Crippen LogP contribution in [0.15, 0.2) is 24.3 Å². The van der Waals surface area contributed by atoms with E-state index in [0.717, 1.165) is 23.4 Å². The molecule has 0 bridgehead atoms. The van der Waals surface area contributed by atoms with Gasteiger partial charge in [0.1, 0.15) is 0 Å². The molecule has 0 saturated heterocycles. The SMILES string of the molecule is CC(C)NCC1CC1c1cccc(Cl)c1. The summed E-state index contributed by atoms with van der Waals surface area (Å²) in [4.78, 5) is 0. The molecule has 0 aromatic heterocycles. The van der Waals surface area contributed by atoms with Gasteiger partial charge in [0.15, 0.2) is 0 Å². The van der Waals surface area contributed by atoms with E-state index in [2.05, 4.69) is 31.3 Å². The Bertz CT molecular complexity index is 335. The van der Waals surface area contributed by atoms with E-state index >= 15 is 0 Å². The van der Waals surface area contributed by atoms with E-state index in [1.165, 1.54) is 12.0 Å². The Morgan fingerprint density at radius 2 is 2.27 bits per heavy atom. The van der Waals surface area contributed by atoms with E-state index in [9.17, 15) is 0 Å². The van der Waals surface area contributed by atoms with Crippen LogP contribution < -0.4 is 5.32 Å². The van der Waals surface area contributed by atoms with Crippen molar-refractivity contribution in [2.45, 2.75) is 32.2 Å². The molecule has 1 aromatic rings. The molecule has 2 heteroatoms. The Hall–Kier alpha value is -0.530. The Labute approximate surface area is 96.8 Å². The molecule has 0 aliphatic heterocycles. The summed E-state index contributed by atoms with van der Waals surface area (Å²) in [5.74, 6) is 1.54. The fourth-order valence-electron chi connectivity index (χ4n) is 2.01. The van der Waals surface area contributed by atoms with Gasteiger partial charge in [-0.25, -0.2) is 0 Å². The number of benzene rings is 1. The van der Waals surface area contributed by atoms with Crippen molar-refractivity contribution in [3.63, 3.8) is 0 Å². The minimum atomic E-state index is 0.589. The number of nitrogens with one attached hydrogen (secondary N) is 1. The molecule has 1 aromatic carbocycles. The summed E-state index contributed by atoms with van der Waals surface area (Å²) in [6, 6.07) is 8.86. The summed E-state index contributed by atoms with van der Waals surface area (Å²) in [6.07, 6.45) is 1.31. The van der Waals surface area contributed by atoms with Crippen LogP contribution in [0.2, 0.25) is 5.02 Å². The van der Waals surface area contributed by atoms with Gasteiger partial charge < -0.3 is 5.32 Å². The quantitative estimate of drug-likeness (QED) is 0.825. The second-order valence-corrected chi connectivity index (χ2v) is 5.16. The van der Waals surface area contributed by atoms with Crippen LogP contribution in [-0.4, -0.2) is 12.6 Å². The molecule has 2 atom stereocenters. The zero-order valence-corrected chi connectivity index (χ0v) is 10.1. The van der Waals surface area contributed by atoms with Crippen molar-refractivity contribution in [3.8, 4) is 0 Å². The van der Waals surface area contributed by atoms with Gasteiger partial charge in [0, 0.05) is 11.1 Å². The Balaban J connectivity index is 1.88. The normalized spacial score (nSPS) is 24.5. The van der Waals surface area contributed by atoms with E-state index in [1.807, 2.05) is 12.1 Å². The number of hydrogen-bond donors (Lipinski definition) is 1. The standard InChI is InChI=1S/C13H18ClN/c1-9(2)15-8-11-7-13(11)10-4-3-5-12(14)6-10/h3-6,9,11,13,15H,7-8H2,1-2H3. The third-order valence-corrected chi connectivity index (χ3v) is 3.22. The van der Waals surface area contributed by atoms with Crippen molar-refractivity contribution in [3.05, 3.63) is 34.9 Å². The van der Waals surface area contributed by atoms with E-state index in [-0.39, 0.29) is 0 Å². The lowest BCUT2D eigenvalue weighted by Gasteiger charge is -2.07. The summed E-state index contributed by atoms with van der Waals surface area (Å²) in [6.45, 7) is 5.52. The number of rotatable bonds is 4. The maximum absolute atomic E-state index is 5.98. The summed E-state index contributed by atoms with van der Waals surface area (Å²) in [5, 5.41) is 4.35. The second-order valence-electron chi connectivity index (χ2n) is 4.72. The molecule has 2 unspecified atom stereocenters. The lowest BCUT2D eigenvalue weighted by Crippen LogP contribution is -2.25. The van der Waals surface area contributed by atoms with Gasteiger partial charge in [-0.3, -0.25) is 0 Å². The molecule has 0 spiro atoms. The van der Waals surface area contributed by atoms with Gasteiger partial charge >= 0.3 is 0 Å². The molecule has 0 heterocycles. The first kappa shape index (κ1) is 11.0. The Morgan fingerprint density at radius 3 is 2.93 bits per heavy atom. The van der Waals surface area contributed by atoms with Crippen LogP contribution in [0.4, 0.5) is 0 Å². The minimum Gasteiger partial charge on any atom is -0.314 e. The van der Waals surface area contributed by atoms with Crippen molar-refractivity contribution in [1.82, 2.24) is 5.32 Å². The highest BCUT2D eigenvalue weighted by atomic mass is 35.5. The summed E-state index contributed by atoms with van der Waals surface area (Å²) in [5.41, 5.74) is 1.40. The average molecular weight is 224 g/mol. The highest BCUT2D eigenvalue weighted by Crippen LogP contribution is 2.47. The van der Waals surface area contributed by atoms with Crippen LogP contribution in [0, 0.1) is 5.92 Å². The van der Waals surface area contributed by atoms with Crippen molar-refractivity contribution >= 4 is 11.6 Å². The first-order valence-corrected chi connectivity index (χ1v) is 6.03. The van der Waals surface area contributed by atoms with E-state index in [4.69, 9.17) is 11.6 Å². The first-order valence-electron chi connectivity index (χ1n) is 5.65. The predicted octanol–water partition coefficient (Wildman–Crippen LogP) is 3.44. The lowest BCUT2D eigenvalue weighted by molar-refractivity contribution is 0.554. The molecule has 0 radical (unpaired) electrons. The lowest BCUT2D eigenvalue weighted by atomic mass is 10.1. The fraction of sp³-hybridized carbons (Fsp3) is 0.538. The van der Waals surface area contributed by atoms with Crippen LogP contribution in [-0.2, 0) is 0 Å². The van der Waals surface area contributed by atoms with Crippen LogP contribution in [0.25, 0.3) is 0 Å². The van der Waals surface area contributed by atoms with Gasteiger partial charge in [-0.15, -0.1) is 0 Å². The summed E-state index contributed by atoms with van der Waals surface area (Å²) in [7, 11) is 0. The molecule has 15 heavy (non-hydrogen) atoms. The van der Waals surface area contributed by atoms with E-state index < -0.39 is 0 Å². The van der Waals surface area contributed by atoms with Gasteiger partial charge in [0.2, 0.25) is 0 Å². The molecule has 1 aliphatic carbocycles. The first-order chi connectivity index (χ1) is 7.16. The molecule has 1 N–H and O–H groups in total. The third-order valence-electron chi connectivity index (χ3n) is 2.99. The molecule has 2 rings (SSSR count).